The van der Waals surface area contributed by atoms with E-state index >= 15 is 0 Å². The topological polar surface area (TPSA) is 38.3 Å². The zero-order chi connectivity index (χ0) is 19.1. The number of anilines is 1. The van der Waals surface area contributed by atoms with Crippen molar-refractivity contribution in [1.29, 1.82) is 0 Å². The molecule has 0 aliphatic heterocycles. The molecule has 0 atom stereocenters. The molecule has 0 spiro atoms. The predicted molar refractivity (Wildman–Crippen MR) is 113 cm³/mol. The second-order valence-corrected chi connectivity index (χ2v) is 7.29. The highest BCUT2D eigenvalue weighted by atomic mass is 35.5. The molecular formula is C22H20ClNO2S. The fourth-order valence-corrected chi connectivity index (χ4v) is 3.60. The molecule has 0 bridgehead atoms. The zero-order valence-corrected chi connectivity index (χ0v) is 16.5. The van der Waals surface area contributed by atoms with Crippen LogP contribution in [0.2, 0.25) is 5.02 Å². The zero-order valence-electron chi connectivity index (χ0n) is 14.9. The summed E-state index contributed by atoms with van der Waals surface area (Å²) < 4.78 is 5.39. The first-order valence-corrected chi connectivity index (χ1v) is 10.0. The maximum Gasteiger partial charge on any atom is 0.255 e. The minimum atomic E-state index is -0.202. The van der Waals surface area contributed by atoms with E-state index in [1.54, 1.807) is 30.0 Å². The van der Waals surface area contributed by atoms with Gasteiger partial charge in [0.2, 0.25) is 0 Å². The molecule has 0 heterocycles. The number of benzene rings is 3. The third kappa shape index (κ3) is 5.52. The molecule has 3 aromatic rings. The second-order valence-electron chi connectivity index (χ2n) is 5.83. The summed E-state index contributed by atoms with van der Waals surface area (Å²) in [5.74, 6) is 1.26. The number of rotatable bonds is 7. The van der Waals surface area contributed by atoms with Gasteiger partial charge in [0.05, 0.1) is 11.6 Å². The van der Waals surface area contributed by atoms with Gasteiger partial charge in [-0.05, 0) is 55.0 Å². The molecule has 1 amide bonds. The van der Waals surface area contributed by atoms with Gasteiger partial charge in [-0.3, -0.25) is 4.79 Å². The normalized spacial score (nSPS) is 10.4. The van der Waals surface area contributed by atoms with Gasteiger partial charge >= 0.3 is 0 Å². The molecule has 0 radical (unpaired) electrons. The van der Waals surface area contributed by atoms with Crippen LogP contribution in [0.1, 0.15) is 22.8 Å². The Bertz CT molecular complexity index is 898. The first kappa shape index (κ1) is 19.3. The van der Waals surface area contributed by atoms with Crippen LogP contribution in [0.25, 0.3) is 0 Å². The molecule has 0 aromatic heterocycles. The fourth-order valence-electron chi connectivity index (χ4n) is 2.49. The van der Waals surface area contributed by atoms with Crippen molar-refractivity contribution < 1.29 is 9.53 Å². The minimum absolute atomic E-state index is 0.202. The summed E-state index contributed by atoms with van der Waals surface area (Å²) in [7, 11) is 0. The average Bonchev–Trinajstić information content (AvgIpc) is 2.70. The fraction of sp³-hybridized carbons (Fsp3) is 0.136. The summed E-state index contributed by atoms with van der Waals surface area (Å²) in [6.45, 7) is 2.42. The first-order chi connectivity index (χ1) is 13.2. The number of carbonyl (C=O) groups excluding carboxylic acids is 1. The van der Waals surface area contributed by atoms with Crippen molar-refractivity contribution in [3.05, 3.63) is 88.9 Å². The van der Waals surface area contributed by atoms with Crippen LogP contribution < -0.4 is 10.1 Å². The van der Waals surface area contributed by atoms with Crippen LogP contribution in [-0.4, -0.2) is 12.5 Å². The Morgan fingerprint density at radius 1 is 1.04 bits per heavy atom. The van der Waals surface area contributed by atoms with Gasteiger partial charge in [0.15, 0.2) is 0 Å². The van der Waals surface area contributed by atoms with Gasteiger partial charge in [0, 0.05) is 21.9 Å². The third-order valence-corrected chi connectivity index (χ3v) is 5.23. The number of thioether (sulfide) groups is 1. The molecule has 0 aliphatic rings. The van der Waals surface area contributed by atoms with Crippen molar-refractivity contribution in [3.63, 3.8) is 0 Å². The Morgan fingerprint density at radius 3 is 2.44 bits per heavy atom. The van der Waals surface area contributed by atoms with E-state index in [2.05, 4.69) is 17.4 Å². The van der Waals surface area contributed by atoms with Crippen LogP contribution >= 0.6 is 23.4 Å². The SMILES string of the molecule is CCOc1ccc(C(=O)Nc2ccc(CSc3ccccc3)cc2)cc1Cl. The van der Waals surface area contributed by atoms with Crippen LogP contribution in [0, 0.1) is 0 Å². The number of hydrogen-bond acceptors (Lipinski definition) is 3. The summed E-state index contributed by atoms with van der Waals surface area (Å²) in [4.78, 5) is 13.7. The van der Waals surface area contributed by atoms with E-state index in [0.717, 1.165) is 11.4 Å². The molecule has 0 fully saturated rings. The largest absolute Gasteiger partial charge is 0.492 e. The maximum atomic E-state index is 12.4. The van der Waals surface area contributed by atoms with Crippen LogP contribution in [0.5, 0.6) is 5.75 Å². The minimum Gasteiger partial charge on any atom is -0.492 e. The first-order valence-electron chi connectivity index (χ1n) is 8.66. The molecular weight excluding hydrogens is 378 g/mol. The summed E-state index contributed by atoms with van der Waals surface area (Å²) in [5, 5.41) is 3.32. The summed E-state index contributed by atoms with van der Waals surface area (Å²) in [5.41, 5.74) is 2.44. The lowest BCUT2D eigenvalue weighted by Gasteiger charge is -2.09. The molecule has 0 aliphatic carbocycles. The lowest BCUT2D eigenvalue weighted by Crippen LogP contribution is -2.12. The van der Waals surface area contributed by atoms with Crippen molar-refractivity contribution in [3.8, 4) is 5.75 Å². The van der Waals surface area contributed by atoms with Gasteiger partial charge in [0.1, 0.15) is 5.75 Å². The number of amides is 1. The molecule has 3 nitrogen and oxygen atoms in total. The maximum absolute atomic E-state index is 12.4. The van der Waals surface area contributed by atoms with E-state index < -0.39 is 0 Å². The number of hydrogen-bond donors (Lipinski definition) is 1. The van der Waals surface area contributed by atoms with E-state index in [-0.39, 0.29) is 5.91 Å². The van der Waals surface area contributed by atoms with Crippen molar-refractivity contribution in [2.24, 2.45) is 0 Å². The van der Waals surface area contributed by atoms with Gasteiger partial charge in [-0.15, -0.1) is 11.8 Å². The van der Waals surface area contributed by atoms with Crippen LogP contribution in [0.15, 0.2) is 77.7 Å². The van der Waals surface area contributed by atoms with Crippen LogP contribution in [-0.2, 0) is 5.75 Å². The van der Waals surface area contributed by atoms with Crippen molar-refractivity contribution >= 4 is 35.0 Å². The Labute approximate surface area is 168 Å². The highest BCUT2D eigenvalue weighted by Crippen LogP contribution is 2.26. The van der Waals surface area contributed by atoms with Crippen molar-refractivity contribution in [2.45, 2.75) is 17.6 Å². The number of nitrogens with one attached hydrogen (secondary N) is 1. The summed E-state index contributed by atoms with van der Waals surface area (Å²) in [6.07, 6.45) is 0. The van der Waals surface area contributed by atoms with Gasteiger partial charge in [-0.2, -0.15) is 0 Å². The number of halogens is 1. The Balaban J connectivity index is 1.59. The average molecular weight is 398 g/mol. The second kappa shape index (κ2) is 9.49. The van der Waals surface area contributed by atoms with Crippen molar-refractivity contribution in [1.82, 2.24) is 0 Å². The molecule has 5 heteroatoms. The van der Waals surface area contributed by atoms with Gasteiger partial charge in [0.25, 0.3) is 5.91 Å². The van der Waals surface area contributed by atoms with Gasteiger partial charge in [-0.1, -0.05) is 41.9 Å². The Kier molecular flexibility index (Phi) is 6.80. The molecule has 27 heavy (non-hydrogen) atoms. The van der Waals surface area contributed by atoms with Crippen LogP contribution in [0.4, 0.5) is 5.69 Å². The van der Waals surface area contributed by atoms with E-state index in [1.165, 1.54) is 10.5 Å². The Morgan fingerprint density at radius 2 is 1.78 bits per heavy atom. The van der Waals surface area contributed by atoms with E-state index in [9.17, 15) is 4.79 Å². The van der Waals surface area contributed by atoms with Gasteiger partial charge in [-0.25, -0.2) is 0 Å². The Hall–Kier alpha value is -2.43. The molecule has 3 rings (SSSR count). The molecule has 3 aromatic carbocycles. The van der Waals surface area contributed by atoms with Crippen molar-refractivity contribution in [2.75, 3.05) is 11.9 Å². The highest BCUT2D eigenvalue weighted by Gasteiger charge is 2.10. The van der Waals surface area contributed by atoms with E-state index in [0.29, 0.717) is 22.9 Å². The predicted octanol–water partition coefficient (Wildman–Crippen LogP) is 6.28. The van der Waals surface area contributed by atoms with Gasteiger partial charge < -0.3 is 10.1 Å². The van der Waals surface area contributed by atoms with E-state index in [1.807, 2.05) is 49.4 Å². The van der Waals surface area contributed by atoms with E-state index in [4.69, 9.17) is 16.3 Å². The highest BCUT2D eigenvalue weighted by molar-refractivity contribution is 7.98. The summed E-state index contributed by atoms with van der Waals surface area (Å²) in [6, 6.07) is 23.2. The lowest BCUT2D eigenvalue weighted by molar-refractivity contribution is 0.102. The smallest absolute Gasteiger partial charge is 0.255 e. The molecule has 1 N–H and O–H groups in total. The van der Waals surface area contributed by atoms with Crippen LogP contribution in [0.3, 0.4) is 0 Å². The lowest BCUT2D eigenvalue weighted by atomic mass is 10.2. The standard InChI is InChI=1S/C22H20ClNO2S/c1-2-26-21-13-10-17(14-20(21)23)22(25)24-18-11-8-16(9-12-18)15-27-19-6-4-3-5-7-19/h3-14H,2,15H2,1H3,(H,24,25). The number of carbonyl (C=O) groups is 1. The quantitative estimate of drug-likeness (QED) is 0.476. The molecule has 0 unspecified atom stereocenters. The monoisotopic (exact) mass is 397 g/mol. The molecule has 138 valence electrons. The number of ether oxygens (including phenoxy) is 1. The summed E-state index contributed by atoms with van der Waals surface area (Å²) >= 11 is 7.94. The molecule has 0 saturated carbocycles. The molecule has 0 saturated heterocycles. The third-order valence-electron chi connectivity index (χ3n) is 3.85.